The number of carbonyl (C=O) groups is 1. The number of fused-ring (bicyclic) bond motifs is 1. The maximum absolute atomic E-state index is 13.7. The van der Waals surface area contributed by atoms with Crippen LogP contribution in [0.3, 0.4) is 0 Å². The number of aliphatic carboxylic acids is 1. The summed E-state index contributed by atoms with van der Waals surface area (Å²) in [6.07, 6.45) is -13.9. The topological polar surface area (TPSA) is 266 Å². The van der Waals surface area contributed by atoms with Crippen LogP contribution in [0.5, 0.6) is 23.0 Å². The largest absolute Gasteiger partial charge is 0.508 e. The lowest BCUT2D eigenvalue weighted by Crippen LogP contribution is -2.63. The number of phenols is 3. The zero-order valence-electron chi connectivity index (χ0n) is 21.3. The van der Waals surface area contributed by atoms with Crippen LogP contribution in [0, 0.1) is 0 Å². The fourth-order valence-corrected chi connectivity index (χ4v) is 4.64. The highest BCUT2D eigenvalue weighted by atomic mass is 16.8. The predicted octanol–water partition coefficient (Wildman–Crippen LogP) is -1.69. The summed E-state index contributed by atoms with van der Waals surface area (Å²) in [4.78, 5) is 25.5. The minimum absolute atomic E-state index is 0.121. The molecule has 8 atom stereocenters. The van der Waals surface area contributed by atoms with Crippen LogP contribution >= 0.6 is 0 Å². The van der Waals surface area contributed by atoms with Crippen LogP contribution in [0.15, 0.2) is 45.6 Å². The molecule has 0 bridgehead atoms. The van der Waals surface area contributed by atoms with Crippen LogP contribution in [0.2, 0.25) is 0 Å². The molecule has 3 heterocycles. The Morgan fingerprint density at radius 3 is 2.31 bits per heavy atom. The van der Waals surface area contributed by atoms with Gasteiger partial charge in [-0.25, -0.2) is 4.79 Å². The predicted molar refractivity (Wildman–Crippen MR) is 135 cm³/mol. The number of benzene rings is 2. The van der Waals surface area contributed by atoms with Crippen molar-refractivity contribution in [3.8, 4) is 34.3 Å². The molecule has 2 aliphatic rings. The summed E-state index contributed by atoms with van der Waals surface area (Å²) in [6, 6.07) is 7.02. The molecule has 2 saturated heterocycles. The quantitative estimate of drug-likeness (QED) is 0.148. The van der Waals surface area contributed by atoms with Gasteiger partial charge in [-0.2, -0.15) is 0 Å². The minimum Gasteiger partial charge on any atom is -0.508 e. The second-order valence-electron chi connectivity index (χ2n) is 9.82. The number of rotatable bonds is 7. The fraction of sp³-hybridized carbons (Fsp3) is 0.385. The number of hydrogen-bond acceptors (Lipinski definition) is 15. The smallest absolute Gasteiger partial charge is 0.335 e. The number of aliphatic hydroxyl groups is 5. The Balaban J connectivity index is 1.62. The van der Waals surface area contributed by atoms with Gasteiger partial charge in [0.2, 0.25) is 17.5 Å². The first-order valence-corrected chi connectivity index (χ1v) is 12.4. The molecular formula is C26H26O16. The van der Waals surface area contributed by atoms with E-state index in [1.54, 1.807) is 0 Å². The first-order valence-electron chi connectivity index (χ1n) is 12.4. The van der Waals surface area contributed by atoms with E-state index in [0.29, 0.717) is 0 Å². The van der Waals surface area contributed by atoms with E-state index in [1.165, 1.54) is 24.3 Å². The highest BCUT2D eigenvalue weighted by Gasteiger charge is 2.55. The van der Waals surface area contributed by atoms with Crippen LogP contribution in [-0.4, -0.2) is 114 Å². The van der Waals surface area contributed by atoms with Crippen molar-refractivity contribution in [3.63, 3.8) is 0 Å². The molecule has 5 rings (SSSR count). The molecule has 2 aliphatic heterocycles. The normalized spacial score (nSPS) is 31.3. The second kappa shape index (κ2) is 11.0. The summed E-state index contributed by atoms with van der Waals surface area (Å²) in [6.45, 7) is -1.54. The Labute approximate surface area is 234 Å². The Morgan fingerprint density at radius 2 is 1.69 bits per heavy atom. The molecule has 0 spiro atoms. The van der Waals surface area contributed by atoms with Crippen molar-refractivity contribution in [3.05, 3.63) is 46.6 Å². The van der Waals surface area contributed by atoms with Gasteiger partial charge in [0.25, 0.3) is 0 Å². The van der Waals surface area contributed by atoms with Gasteiger partial charge in [0, 0.05) is 17.7 Å². The molecular weight excluding hydrogens is 568 g/mol. The molecule has 226 valence electrons. The Bertz CT molecular complexity index is 1540. The number of carboxylic acids is 1. The Morgan fingerprint density at radius 1 is 1.00 bits per heavy atom. The van der Waals surface area contributed by atoms with Crippen molar-refractivity contribution in [2.75, 3.05) is 13.2 Å². The summed E-state index contributed by atoms with van der Waals surface area (Å²) in [7, 11) is 0. The summed E-state index contributed by atoms with van der Waals surface area (Å²) < 4.78 is 27.6. The van der Waals surface area contributed by atoms with E-state index in [1.807, 2.05) is 0 Å². The molecule has 0 saturated carbocycles. The highest BCUT2D eigenvalue weighted by Crippen LogP contribution is 2.38. The number of carboxylic acid groups (broad SMARTS) is 1. The average molecular weight is 594 g/mol. The van der Waals surface area contributed by atoms with E-state index in [2.05, 4.69) is 0 Å². The summed E-state index contributed by atoms with van der Waals surface area (Å²) >= 11 is 0. The van der Waals surface area contributed by atoms with Gasteiger partial charge >= 0.3 is 5.97 Å². The van der Waals surface area contributed by atoms with E-state index < -0.39 is 95.9 Å². The molecule has 42 heavy (non-hydrogen) atoms. The van der Waals surface area contributed by atoms with Gasteiger partial charge in [-0.1, -0.05) is 0 Å². The van der Waals surface area contributed by atoms with E-state index in [4.69, 9.17) is 23.4 Å². The molecule has 16 heteroatoms. The van der Waals surface area contributed by atoms with Crippen LogP contribution in [0.1, 0.15) is 0 Å². The van der Waals surface area contributed by atoms with Gasteiger partial charge in [0.15, 0.2) is 24.3 Å². The highest BCUT2D eigenvalue weighted by molar-refractivity contribution is 5.88. The fourth-order valence-electron chi connectivity index (χ4n) is 4.64. The maximum atomic E-state index is 13.7. The zero-order chi connectivity index (χ0) is 30.5. The summed E-state index contributed by atoms with van der Waals surface area (Å²) in [5, 5.41) is 90.5. The molecule has 2 fully saturated rings. The second-order valence-corrected chi connectivity index (χ2v) is 9.82. The van der Waals surface area contributed by atoms with Crippen molar-refractivity contribution >= 4 is 16.9 Å². The van der Waals surface area contributed by atoms with Gasteiger partial charge in [0.1, 0.15) is 52.1 Å². The third-order valence-electron chi connectivity index (χ3n) is 6.94. The lowest BCUT2D eigenvalue weighted by Gasteiger charge is -2.41. The van der Waals surface area contributed by atoms with Gasteiger partial charge in [-0.15, -0.1) is 0 Å². The van der Waals surface area contributed by atoms with Crippen molar-refractivity contribution in [2.24, 2.45) is 0 Å². The van der Waals surface area contributed by atoms with Crippen molar-refractivity contribution < 1.29 is 74.1 Å². The molecule has 1 aromatic heterocycles. The standard InChI is InChI=1S/C26H26O16/c27-7-26(37)8-38-25(22(26)34)42-21-17(33)16(32)20(23(35)36)41-24(21)40-19-15(31)14-12(30)5-11(29)6-13(14)39-18(19)9-1-3-10(28)4-2-9/h1-6,16-17,20-22,24-25,27-30,32-34,37H,7-8H2,(H,35,36)/t16-,17-,20-,21+,22-,24+,25-,26+/m0/s1. The number of hydrogen-bond donors (Lipinski definition) is 9. The lowest BCUT2D eigenvalue weighted by molar-refractivity contribution is -0.313. The number of ether oxygens (including phenoxy) is 4. The first kappa shape index (κ1) is 29.5. The van der Waals surface area contributed by atoms with Crippen molar-refractivity contribution in [1.29, 1.82) is 0 Å². The van der Waals surface area contributed by atoms with E-state index >= 15 is 0 Å². The van der Waals surface area contributed by atoms with Crippen LogP contribution in [0.4, 0.5) is 0 Å². The minimum atomic E-state index is -2.15. The molecule has 0 amide bonds. The number of aliphatic hydroxyl groups excluding tert-OH is 4. The van der Waals surface area contributed by atoms with Crippen LogP contribution in [-0.2, 0) is 19.0 Å². The molecule has 0 unspecified atom stereocenters. The molecule has 9 N–H and O–H groups in total. The van der Waals surface area contributed by atoms with Gasteiger partial charge in [-0.05, 0) is 24.3 Å². The average Bonchev–Trinajstić information content (AvgIpc) is 3.22. The first-order chi connectivity index (χ1) is 19.8. The zero-order valence-corrected chi connectivity index (χ0v) is 21.3. The van der Waals surface area contributed by atoms with Gasteiger partial charge < -0.3 is 69.3 Å². The third-order valence-corrected chi connectivity index (χ3v) is 6.94. The monoisotopic (exact) mass is 594 g/mol. The van der Waals surface area contributed by atoms with Gasteiger partial charge in [0.05, 0.1) is 13.2 Å². The van der Waals surface area contributed by atoms with Crippen LogP contribution < -0.4 is 10.2 Å². The molecule has 2 aromatic carbocycles. The molecule has 0 aliphatic carbocycles. The third kappa shape index (κ3) is 5.10. The Kier molecular flexibility index (Phi) is 7.73. The number of phenolic OH excluding ortho intramolecular Hbond substituents is 3. The van der Waals surface area contributed by atoms with E-state index in [0.717, 1.165) is 12.1 Å². The van der Waals surface area contributed by atoms with Crippen molar-refractivity contribution in [1.82, 2.24) is 0 Å². The van der Waals surface area contributed by atoms with Gasteiger partial charge in [-0.3, -0.25) is 4.79 Å². The van der Waals surface area contributed by atoms with E-state index in [-0.39, 0.29) is 22.7 Å². The van der Waals surface area contributed by atoms with E-state index in [9.17, 15) is 55.5 Å². The number of aromatic hydroxyl groups is 3. The summed E-state index contributed by atoms with van der Waals surface area (Å²) in [5.41, 5.74) is -3.36. The summed E-state index contributed by atoms with van der Waals surface area (Å²) in [5.74, 6) is -4.08. The molecule has 0 radical (unpaired) electrons. The van der Waals surface area contributed by atoms with Crippen LogP contribution in [0.25, 0.3) is 22.3 Å². The van der Waals surface area contributed by atoms with Crippen molar-refractivity contribution in [2.45, 2.75) is 48.7 Å². The Hall–Kier alpha value is -4.00. The molecule has 3 aromatic rings. The maximum Gasteiger partial charge on any atom is 0.335 e. The molecule has 16 nitrogen and oxygen atoms in total. The lowest BCUT2D eigenvalue weighted by atomic mass is 9.98. The SMILES string of the molecule is O=C(O)[C@H]1O[C@@H](Oc2c(-c3ccc(O)cc3)oc3cc(O)cc(O)c3c2=O)[C@H](O[C@@H]2OC[C@](O)(CO)[C@H]2O)[C@@H](O)[C@@H]1O.